The molecule has 0 bridgehead atoms. The first-order chi connectivity index (χ1) is 22.8. The summed E-state index contributed by atoms with van der Waals surface area (Å²) >= 11 is 0. The van der Waals surface area contributed by atoms with E-state index in [-0.39, 0.29) is 34.6 Å². The number of nitrogens with one attached hydrogen (secondary N) is 1. The van der Waals surface area contributed by atoms with Crippen molar-refractivity contribution in [2.45, 2.75) is 64.5 Å². The number of nitrogens with two attached hydrogens (primary N) is 1. The number of nitrogen functional groups attached to an aromatic ring is 1. The molecule has 48 heavy (non-hydrogen) atoms. The summed E-state index contributed by atoms with van der Waals surface area (Å²) in [4.78, 5) is 21.7. The molecule has 2 saturated heterocycles. The van der Waals surface area contributed by atoms with Crippen LogP contribution in [-0.2, 0) is 4.79 Å². The number of ether oxygens (including phenoxy) is 2. The molecule has 11 nitrogen and oxygen atoms in total. The first-order valence-corrected chi connectivity index (χ1v) is 15.8. The van der Waals surface area contributed by atoms with Crippen LogP contribution in [0.3, 0.4) is 0 Å². The van der Waals surface area contributed by atoms with E-state index < -0.39 is 24.3 Å². The van der Waals surface area contributed by atoms with Crippen LogP contribution >= 0.6 is 0 Å². The monoisotopic (exact) mass is 665 g/mol. The summed E-state index contributed by atoms with van der Waals surface area (Å²) in [7, 11) is 0. The van der Waals surface area contributed by atoms with Crippen molar-refractivity contribution in [2.24, 2.45) is 5.41 Å². The van der Waals surface area contributed by atoms with E-state index in [2.05, 4.69) is 20.4 Å². The van der Waals surface area contributed by atoms with E-state index in [9.17, 15) is 23.1 Å². The molecule has 0 saturated carbocycles. The Morgan fingerprint density at radius 1 is 1.04 bits per heavy atom. The number of nitrogens with zero attached hydrogens (tertiary/aromatic N) is 5. The molecule has 1 spiro atoms. The van der Waals surface area contributed by atoms with Gasteiger partial charge in [-0.3, -0.25) is 4.79 Å². The van der Waals surface area contributed by atoms with Gasteiger partial charge in [0.25, 0.3) is 0 Å². The molecule has 2 aliphatic rings. The minimum Gasteiger partial charge on any atom is -0.491 e. The molecular formula is C34H38F3N7O4. The third-order valence-electron chi connectivity index (χ3n) is 8.89. The zero-order valence-electron chi connectivity index (χ0n) is 26.9. The molecule has 2 fully saturated rings. The van der Waals surface area contributed by atoms with Crippen molar-refractivity contribution in [3.8, 4) is 28.4 Å². The van der Waals surface area contributed by atoms with Crippen molar-refractivity contribution in [2.75, 3.05) is 30.3 Å². The molecule has 1 unspecified atom stereocenters. The van der Waals surface area contributed by atoms with Gasteiger partial charge in [-0.25, -0.2) is 4.68 Å². The normalized spacial score (nSPS) is 18.3. The first-order valence-electron chi connectivity index (χ1n) is 15.8. The number of hydrogen-bond acceptors (Lipinski definition) is 9. The van der Waals surface area contributed by atoms with Gasteiger partial charge in [0.2, 0.25) is 17.9 Å². The number of aromatic nitrogens is 4. The molecule has 0 amide bonds. The molecule has 254 valence electrons. The van der Waals surface area contributed by atoms with Gasteiger partial charge in [-0.2, -0.15) is 28.2 Å². The van der Waals surface area contributed by atoms with E-state index in [1.807, 2.05) is 43.0 Å². The number of alkyl halides is 3. The van der Waals surface area contributed by atoms with Gasteiger partial charge in [-0.1, -0.05) is 24.3 Å². The Morgan fingerprint density at radius 2 is 1.75 bits per heavy atom. The molecule has 4 aromatic rings. The summed E-state index contributed by atoms with van der Waals surface area (Å²) in [6, 6.07) is 14.5. The Balaban J connectivity index is 1.29. The maximum absolute atomic E-state index is 14.9. The molecule has 2 aromatic heterocycles. The molecule has 2 aromatic carbocycles. The van der Waals surface area contributed by atoms with Gasteiger partial charge >= 0.3 is 12.1 Å². The molecule has 0 aliphatic carbocycles. The minimum atomic E-state index is -4.83. The number of hydrogen-bond donors (Lipinski definition) is 3. The van der Waals surface area contributed by atoms with Crippen LogP contribution in [0.15, 0.2) is 60.8 Å². The second-order valence-electron chi connectivity index (χ2n) is 12.8. The maximum atomic E-state index is 14.9. The number of aryl methyl sites for hydroxylation is 1. The van der Waals surface area contributed by atoms with Crippen LogP contribution in [0.25, 0.3) is 16.8 Å². The highest BCUT2D eigenvalue weighted by Crippen LogP contribution is 2.43. The third-order valence-corrected chi connectivity index (χ3v) is 8.89. The number of carboxylic acid groups (broad SMARTS) is 1. The molecule has 14 heteroatoms. The Labute approximate surface area is 275 Å². The number of aliphatic carboxylic acids is 1. The third kappa shape index (κ3) is 7.18. The van der Waals surface area contributed by atoms with Crippen molar-refractivity contribution < 1.29 is 32.5 Å². The molecule has 2 atom stereocenters. The minimum absolute atomic E-state index is 0.000381. The highest BCUT2D eigenvalue weighted by Gasteiger charge is 2.46. The van der Waals surface area contributed by atoms with Crippen molar-refractivity contribution in [3.05, 3.63) is 72.1 Å². The van der Waals surface area contributed by atoms with Crippen LogP contribution in [0, 0.1) is 12.3 Å². The van der Waals surface area contributed by atoms with Crippen LogP contribution < -0.4 is 25.4 Å². The molecule has 6 rings (SSSR count). The highest BCUT2D eigenvalue weighted by molar-refractivity contribution is 5.74. The Morgan fingerprint density at radius 3 is 2.35 bits per heavy atom. The van der Waals surface area contributed by atoms with Crippen LogP contribution in [-0.4, -0.2) is 68.8 Å². The maximum Gasteiger partial charge on any atom is 0.429 e. The zero-order chi connectivity index (χ0) is 34.2. The summed E-state index contributed by atoms with van der Waals surface area (Å²) in [5.74, 6) is -0.377. The quantitative estimate of drug-likeness (QED) is 0.203. The lowest BCUT2D eigenvalue weighted by atomic mass is 9.76. The first kappa shape index (κ1) is 33.1. The Hall–Kier alpha value is -4.85. The fourth-order valence-corrected chi connectivity index (χ4v) is 6.45. The predicted octanol–water partition coefficient (Wildman–Crippen LogP) is 5.72. The van der Waals surface area contributed by atoms with Gasteiger partial charge in [0.15, 0.2) is 0 Å². The number of anilines is 2. The summed E-state index contributed by atoms with van der Waals surface area (Å²) in [5.41, 5.74) is 7.98. The van der Waals surface area contributed by atoms with Crippen molar-refractivity contribution in [1.82, 2.24) is 25.1 Å². The van der Waals surface area contributed by atoms with Gasteiger partial charge in [0, 0.05) is 37.5 Å². The number of carboxylic acids is 1. The van der Waals surface area contributed by atoms with E-state index in [1.54, 1.807) is 31.3 Å². The second-order valence-corrected chi connectivity index (χ2v) is 12.8. The van der Waals surface area contributed by atoms with E-state index in [4.69, 9.17) is 15.2 Å². The Bertz CT molecular complexity index is 1770. The SMILES string of the molecule is Cc1ccn(-c2cc(-c3ccc(OC(C)C)cc3)ccc2C(Oc2cc(N3CCC4(CC3)CN[C@H](C(=O)O)C4)nc(N)n2)C(F)(F)F)n1. The Kier molecular flexibility index (Phi) is 8.94. The van der Waals surface area contributed by atoms with Gasteiger partial charge in [0.1, 0.15) is 17.6 Å². The van der Waals surface area contributed by atoms with E-state index in [0.29, 0.717) is 61.7 Å². The smallest absolute Gasteiger partial charge is 0.429 e. The lowest BCUT2D eigenvalue weighted by Crippen LogP contribution is -2.41. The fourth-order valence-electron chi connectivity index (χ4n) is 6.45. The lowest BCUT2D eigenvalue weighted by Gasteiger charge is -2.39. The largest absolute Gasteiger partial charge is 0.491 e. The lowest BCUT2D eigenvalue weighted by molar-refractivity contribution is -0.198. The topological polar surface area (TPSA) is 141 Å². The van der Waals surface area contributed by atoms with E-state index in [0.717, 1.165) is 5.56 Å². The number of carbonyl (C=O) groups is 1. The van der Waals surface area contributed by atoms with E-state index >= 15 is 0 Å². The van der Waals surface area contributed by atoms with Crippen LogP contribution in [0.2, 0.25) is 0 Å². The standard InChI is InChI=1S/C34H38F3N7O4/c1-20(2)47-24-7-4-22(5-8-24)23-6-9-25(27(16-23)44-13-10-21(3)42-44)30(34(35,36)37)48-29-17-28(40-32(38)41-29)43-14-11-33(12-15-43)18-26(31(45)46)39-19-33/h4-10,13,16-17,20,26,30,39H,11-12,14-15,18-19H2,1-3H3,(H,45,46)(H2,38,40,41)/t26-,30?/m0/s1. The average Bonchev–Trinajstić information content (AvgIpc) is 3.66. The summed E-state index contributed by atoms with van der Waals surface area (Å²) in [6.45, 7) is 7.27. The van der Waals surface area contributed by atoms with Crippen LogP contribution in [0.4, 0.5) is 24.9 Å². The molecular weight excluding hydrogens is 627 g/mol. The number of piperidine rings is 1. The van der Waals surface area contributed by atoms with Gasteiger partial charge in [0.05, 0.1) is 17.5 Å². The van der Waals surface area contributed by atoms with Gasteiger partial charge < -0.3 is 30.5 Å². The number of halogens is 3. The summed E-state index contributed by atoms with van der Waals surface area (Å²) in [5, 5.41) is 16.9. The fraction of sp³-hybridized carbons (Fsp3) is 0.412. The van der Waals surface area contributed by atoms with Crippen molar-refractivity contribution in [1.29, 1.82) is 0 Å². The predicted molar refractivity (Wildman–Crippen MR) is 173 cm³/mol. The molecule has 4 N–H and O–H groups in total. The van der Waals surface area contributed by atoms with Gasteiger partial charge in [-0.05, 0) is 80.8 Å². The van der Waals surface area contributed by atoms with Gasteiger partial charge in [-0.15, -0.1) is 0 Å². The molecule has 2 aliphatic heterocycles. The average molecular weight is 666 g/mol. The number of benzene rings is 2. The van der Waals surface area contributed by atoms with Crippen LogP contribution in [0.1, 0.15) is 50.5 Å². The molecule has 0 radical (unpaired) electrons. The van der Waals surface area contributed by atoms with E-state index in [1.165, 1.54) is 16.8 Å². The highest BCUT2D eigenvalue weighted by atomic mass is 19.4. The number of rotatable bonds is 9. The summed E-state index contributed by atoms with van der Waals surface area (Å²) in [6.07, 6.45) is -3.71. The summed E-state index contributed by atoms with van der Waals surface area (Å²) < 4.78 is 57.4. The van der Waals surface area contributed by atoms with Crippen molar-refractivity contribution in [3.63, 3.8) is 0 Å². The van der Waals surface area contributed by atoms with Crippen molar-refractivity contribution >= 4 is 17.7 Å². The zero-order valence-corrected chi connectivity index (χ0v) is 26.9. The second kappa shape index (κ2) is 13.0. The molecule has 4 heterocycles. The van der Waals surface area contributed by atoms with Crippen LogP contribution in [0.5, 0.6) is 11.6 Å².